The van der Waals surface area contributed by atoms with Crippen LogP contribution in [0.3, 0.4) is 0 Å². The lowest BCUT2D eigenvalue weighted by Gasteiger charge is -2.38. The van der Waals surface area contributed by atoms with Crippen LogP contribution in [-0.4, -0.2) is 92.4 Å². The molecule has 0 aromatic heterocycles. The zero-order valence-corrected chi connectivity index (χ0v) is 25.6. The van der Waals surface area contributed by atoms with E-state index in [1.165, 1.54) is 9.21 Å². The molecule has 1 aliphatic heterocycles. The molecule has 1 fully saturated rings. The molecular weight excluding hydrogens is 542 g/mol. The van der Waals surface area contributed by atoms with Gasteiger partial charge >= 0.3 is 0 Å². The molecule has 1 saturated carbocycles. The normalized spacial score (nSPS) is 22.0. The zero-order valence-electron chi connectivity index (χ0n) is 24.7. The summed E-state index contributed by atoms with van der Waals surface area (Å²) >= 11 is 0. The van der Waals surface area contributed by atoms with E-state index in [1.54, 1.807) is 63.3 Å². The predicted octanol–water partition coefficient (Wildman–Crippen LogP) is 3.86. The van der Waals surface area contributed by atoms with E-state index in [9.17, 15) is 23.1 Å². The summed E-state index contributed by atoms with van der Waals surface area (Å²) in [6.07, 6.45) is 4.62. The number of benzene rings is 2. The van der Waals surface area contributed by atoms with E-state index in [0.29, 0.717) is 12.1 Å². The summed E-state index contributed by atoms with van der Waals surface area (Å²) in [5.74, 6) is -0.0251. The fourth-order valence-corrected chi connectivity index (χ4v) is 7.53. The minimum atomic E-state index is -3.98. The number of aliphatic hydroxyl groups is 1. The standard InChI is InChI=1S/C31H43N3O6S/c1-21-18-34(22(2)20-35)41(38,39)29-16-15-26(23-11-13-25(14-12-23)30(36)32(3)4)17-27(29)40-28(21)19-33(5)31(37)24-9-7-6-8-10-24/h11-17,21-22,24,28,35H,6-10,18-20H2,1-5H3/t21-,22+,28+/m1/s1. The largest absolute Gasteiger partial charge is 0.487 e. The van der Waals surface area contributed by atoms with Crippen molar-refractivity contribution in [2.75, 3.05) is 40.8 Å². The lowest BCUT2D eigenvalue weighted by atomic mass is 9.88. The molecule has 10 heteroatoms. The number of sulfonamides is 1. The van der Waals surface area contributed by atoms with Gasteiger partial charge in [0.15, 0.2) is 0 Å². The van der Waals surface area contributed by atoms with Crippen LogP contribution in [0.15, 0.2) is 47.4 Å². The summed E-state index contributed by atoms with van der Waals surface area (Å²) in [4.78, 5) is 28.9. The van der Waals surface area contributed by atoms with Crippen LogP contribution in [0.1, 0.15) is 56.3 Å². The van der Waals surface area contributed by atoms with Crippen molar-refractivity contribution in [2.24, 2.45) is 11.8 Å². The Morgan fingerprint density at radius 2 is 1.66 bits per heavy atom. The quantitative estimate of drug-likeness (QED) is 0.529. The van der Waals surface area contributed by atoms with Gasteiger partial charge in [0.1, 0.15) is 16.7 Å². The van der Waals surface area contributed by atoms with Gasteiger partial charge in [-0.15, -0.1) is 0 Å². The highest BCUT2D eigenvalue weighted by molar-refractivity contribution is 7.89. The number of aliphatic hydroxyl groups excluding tert-OH is 1. The van der Waals surface area contributed by atoms with Crippen LogP contribution in [0.4, 0.5) is 0 Å². The lowest BCUT2D eigenvalue weighted by Crippen LogP contribution is -2.50. The molecule has 0 radical (unpaired) electrons. The van der Waals surface area contributed by atoms with Crippen LogP contribution < -0.4 is 4.74 Å². The maximum atomic E-state index is 13.8. The van der Waals surface area contributed by atoms with Crippen molar-refractivity contribution in [1.82, 2.24) is 14.1 Å². The predicted molar refractivity (Wildman–Crippen MR) is 158 cm³/mol. The van der Waals surface area contributed by atoms with E-state index in [1.807, 2.05) is 19.1 Å². The van der Waals surface area contributed by atoms with Crippen LogP contribution in [0.5, 0.6) is 5.75 Å². The Bertz CT molecular complexity index is 1340. The molecule has 0 spiro atoms. The second-order valence-electron chi connectivity index (χ2n) is 11.7. The molecule has 2 amide bonds. The van der Waals surface area contributed by atoms with Crippen LogP contribution in [0.25, 0.3) is 11.1 Å². The summed E-state index contributed by atoms with van der Waals surface area (Å²) in [7, 11) is 1.21. The highest BCUT2D eigenvalue weighted by Gasteiger charge is 2.39. The average Bonchev–Trinajstić information content (AvgIpc) is 2.97. The fraction of sp³-hybridized carbons (Fsp3) is 0.548. The van der Waals surface area contributed by atoms with Crippen molar-refractivity contribution in [3.63, 3.8) is 0 Å². The first-order valence-electron chi connectivity index (χ1n) is 14.4. The van der Waals surface area contributed by atoms with Crippen LogP contribution >= 0.6 is 0 Å². The molecule has 2 aromatic rings. The molecule has 9 nitrogen and oxygen atoms in total. The smallest absolute Gasteiger partial charge is 0.253 e. The number of carbonyl (C=O) groups is 2. The first-order chi connectivity index (χ1) is 19.4. The molecule has 1 heterocycles. The minimum absolute atomic E-state index is 0.0186. The summed E-state index contributed by atoms with van der Waals surface area (Å²) in [5, 5.41) is 9.92. The molecule has 41 heavy (non-hydrogen) atoms. The van der Waals surface area contributed by atoms with Gasteiger partial charge in [0.05, 0.1) is 13.2 Å². The van der Waals surface area contributed by atoms with Crippen molar-refractivity contribution in [3.05, 3.63) is 48.0 Å². The number of amides is 2. The third-order valence-electron chi connectivity index (χ3n) is 8.32. The Labute approximate surface area is 244 Å². The molecule has 0 saturated heterocycles. The fourth-order valence-electron chi connectivity index (χ4n) is 5.71. The summed E-state index contributed by atoms with van der Waals surface area (Å²) < 4.78 is 35.5. The monoisotopic (exact) mass is 585 g/mol. The minimum Gasteiger partial charge on any atom is -0.487 e. The first-order valence-corrected chi connectivity index (χ1v) is 15.9. The van der Waals surface area contributed by atoms with Crippen molar-refractivity contribution in [2.45, 2.75) is 63.0 Å². The van der Waals surface area contributed by atoms with Crippen molar-refractivity contribution >= 4 is 21.8 Å². The van der Waals surface area contributed by atoms with E-state index in [0.717, 1.165) is 43.2 Å². The summed E-state index contributed by atoms with van der Waals surface area (Å²) in [5.41, 5.74) is 2.10. The van der Waals surface area contributed by atoms with E-state index in [-0.39, 0.29) is 47.4 Å². The SMILES string of the molecule is C[C@@H]1CN([C@@H](C)CO)S(=O)(=O)c2ccc(-c3ccc(C(=O)N(C)C)cc3)cc2O[C@H]1CN(C)C(=O)C1CCCCC1. The summed E-state index contributed by atoms with van der Waals surface area (Å²) in [6.45, 7) is 3.77. The molecule has 4 rings (SSSR count). The zero-order chi connectivity index (χ0) is 29.9. The molecular formula is C31H43N3O6S. The Balaban J connectivity index is 1.70. The van der Waals surface area contributed by atoms with Gasteiger partial charge in [0.2, 0.25) is 15.9 Å². The molecule has 2 aliphatic rings. The van der Waals surface area contributed by atoms with E-state index >= 15 is 0 Å². The summed E-state index contributed by atoms with van der Waals surface area (Å²) in [6, 6.07) is 11.5. The van der Waals surface area contributed by atoms with Gasteiger partial charge in [-0.2, -0.15) is 4.31 Å². The van der Waals surface area contributed by atoms with Gasteiger partial charge in [0.25, 0.3) is 5.91 Å². The van der Waals surface area contributed by atoms with Gasteiger partial charge in [-0.05, 0) is 55.2 Å². The number of carbonyl (C=O) groups excluding carboxylic acids is 2. The van der Waals surface area contributed by atoms with Gasteiger partial charge in [0, 0.05) is 51.1 Å². The highest BCUT2D eigenvalue weighted by atomic mass is 32.2. The van der Waals surface area contributed by atoms with Gasteiger partial charge in [-0.25, -0.2) is 8.42 Å². The maximum absolute atomic E-state index is 13.8. The van der Waals surface area contributed by atoms with Gasteiger partial charge in [-0.3, -0.25) is 9.59 Å². The topological polar surface area (TPSA) is 107 Å². The van der Waals surface area contributed by atoms with Gasteiger partial charge < -0.3 is 19.6 Å². The van der Waals surface area contributed by atoms with Crippen LogP contribution in [0, 0.1) is 11.8 Å². The number of ether oxygens (including phenoxy) is 1. The average molecular weight is 586 g/mol. The second-order valence-corrected chi connectivity index (χ2v) is 13.6. The Kier molecular flexibility index (Phi) is 9.77. The third-order valence-corrected chi connectivity index (χ3v) is 10.3. The van der Waals surface area contributed by atoms with Crippen molar-refractivity contribution in [3.8, 4) is 16.9 Å². The Hall–Kier alpha value is -2.95. The van der Waals surface area contributed by atoms with E-state index in [2.05, 4.69) is 0 Å². The Morgan fingerprint density at radius 3 is 2.27 bits per heavy atom. The molecule has 1 N–H and O–H groups in total. The number of likely N-dealkylation sites (N-methyl/N-ethyl adjacent to an activating group) is 1. The molecule has 2 aromatic carbocycles. The Morgan fingerprint density at radius 1 is 1.02 bits per heavy atom. The number of hydrogen-bond donors (Lipinski definition) is 1. The number of nitrogens with zero attached hydrogens (tertiary/aromatic N) is 3. The highest BCUT2D eigenvalue weighted by Crippen LogP contribution is 2.37. The molecule has 1 aliphatic carbocycles. The molecule has 0 bridgehead atoms. The second kappa shape index (κ2) is 12.9. The van der Waals surface area contributed by atoms with E-state index < -0.39 is 22.2 Å². The van der Waals surface area contributed by atoms with Crippen LogP contribution in [-0.2, 0) is 14.8 Å². The van der Waals surface area contributed by atoms with E-state index in [4.69, 9.17) is 4.74 Å². The van der Waals surface area contributed by atoms with Gasteiger partial charge in [-0.1, -0.05) is 44.4 Å². The third kappa shape index (κ3) is 6.76. The first kappa shape index (κ1) is 31.0. The van der Waals surface area contributed by atoms with Crippen LogP contribution in [0.2, 0.25) is 0 Å². The van der Waals surface area contributed by atoms with Crippen molar-refractivity contribution < 1.29 is 27.9 Å². The molecule has 3 atom stereocenters. The number of hydrogen-bond acceptors (Lipinski definition) is 6. The number of fused-ring (bicyclic) bond motifs is 1. The lowest BCUT2D eigenvalue weighted by molar-refractivity contribution is -0.136. The molecule has 0 unspecified atom stereocenters. The van der Waals surface area contributed by atoms with Crippen molar-refractivity contribution in [1.29, 1.82) is 0 Å². The molecule has 224 valence electrons. The number of rotatable bonds is 7. The maximum Gasteiger partial charge on any atom is 0.253 e.